The first kappa shape index (κ1) is 15.0. The molecular weight excluding hydrogens is 252 g/mol. The second-order valence-corrected chi connectivity index (χ2v) is 4.32. The minimum absolute atomic E-state index is 0. The minimum Gasteiger partial charge on any atom is -0.387 e. The number of benzene rings is 1. The first-order valence-electron chi connectivity index (χ1n) is 6.01. The highest BCUT2D eigenvalue weighted by molar-refractivity contribution is 5.85. The fraction of sp³-hybridized carbons (Fsp3) is 0.462. The predicted molar refractivity (Wildman–Crippen MR) is 72.7 cm³/mol. The van der Waals surface area contributed by atoms with Crippen molar-refractivity contribution in [2.75, 3.05) is 13.1 Å². The van der Waals surface area contributed by atoms with Gasteiger partial charge in [0.1, 0.15) is 0 Å². The van der Waals surface area contributed by atoms with Gasteiger partial charge in [-0.05, 0) is 24.9 Å². The quantitative estimate of drug-likeness (QED) is 0.765. The van der Waals surface area contributed by atoms with Gasteiger partial charge in [0, 0.05) is 6.54 Å². The molecule has 0 aromatic heterocycles. The molecule has 2 unspecified atom stereocenters. The zero-order valence-electron chi connectivity index (χ0n) is 10.1. The molecule has 5 heteroatoms. The molecule has 18 heavy (non-hydrogen) atoms. The summed E-state index contributed by atoms with van der Waals surface area (Å²) in [6.07, 6.45) is 1.29. The smallest absolute Gasteiger partial charge is 0.237 e. The zero-order chi connectivity index (χ0) is 12.1. The van der Waals surface area contributed by atoms with E-state index in [0.29, 0.717) is 0 Å². The van der Waals surface area contributed by atoms with E-state index in [1.165, 1.54) is 0 Å². The van der Waals surface area contributed by atoms with Crippen LogP contribution in [0.15, 0.2) is 30.3 Å². The van der Waals surface area contributed by atoms with Crippen LogP contribution in [0.4, 0.5) is 0 Å². The lowest BCUT2D eigenvalue weighted by Gasteiger charge is -2.15. The minimum atomic E-state index is -0.637. The number of carbonyl (C=O) groups excluding carboxylic acids is 1. The average molecular weight is 271 g/mol. The van der Waals surface area contributed by atoms with Crippen molar-refractivity contribution in [3.8, 4) is 0 Å². The molecule has 0 spiro atoms. The Labute approximate surface area is 113 Å². The zero-order valence-corrected chi connectivity index (χ0v) is 11.0. The highest BCUT2D eigenvalue weighted by Crippen LogP contribution is 2.11. The summed E-state index contributed by atoms with van der Waals surface area (Å²) in [4.78, 5) is 11.7. The van der Waals surface area contributed by atoms with Crippen molar-refractivity contribution >= 4 is 18.3 Å². The Kier molecular flexibility index (Phi) is 6.12. The van der Waals surface area contributed by atoms with Gasteiger partial charge in [-0.2, -0.15) is 0 Å². The predicted octanol–water partition coefficient (Wildman–Crippen LogP) is 1.01. The second-order valence-electron chi connectivity index (χ2n) is 4.32. The molecule has 1 saturated heterocycles. The van der Waals surface area contributed by atoms with Crippen LogP contribution in [0.3, 0.4) is 0 Å². The molecule has 1 aliphatic rings. The number of hydrogen-bond donors (Lipinski definition) is 3. The van der Waals surface area contributed by atoms with Crippen molar-refractivity contribution in [2.45, 2.75) is 25.0 Å². The summed E-state index contributed by atoms with van der Waals surface area (Å²) < 4.78 is 0. The van der Waals surface area contributed by atoms with Gasteiger partial charge < -0.3 is 15.7 Å². The highest BCUT2D eigenvalue weighted by atomic mass is 35.5. The molecule has 4 nitrogen and oxygen atoms in total. The van der Waals surface area contributed by atoms with Gasteiger partial charge in [0.05, 0.1) is 12.1 Å². The number of amides is 1. The van der Waals surface area contributed by atoms with Crippen molar-refractivity contribution in [3.05, 3.63) is 35.9 Å². The number of aliphatic hydroxyl groups is 1. The summed E-state index contributed by atoms with van der Waals surface area (Å²) >= 11 is 0. The maximum Gasteiger partial charge on any atom is 0.237 e. The molecule has 1 aromatic carbocycles. The van der Waals surface area contributed by atoms with Crippen molar-refractivity contribution in [1.29, 1.82) is 0 Å². The molecule has 1 aromatic rings. The van der Waals surface area contributed by atoms with Crippen LogP contribution in [0.2, 0.25) is 0 Å². The van der Waals surface area contributed by atoms with E-state index in [0.717, 1.165) is 24.9 Å². The van der Waals surface area contributed by atoms with Gasteiger partial charge in [-0.1, -0.05) is 30.3 Å². The molecule has 1 aliphatic heterocycles. The van der Waals surface area contributed by atoms with Gasteiger partial charge in [-0.15, -0.1) is 12.4 Å². The topological polar surface area (TPSA) is 61.4 Å². The fourth-order valence-corrected chi connectivity index (χ4v) is 2.02. The third-order valence-corrected chi connectivity index (χ3v) is 3.03. The summed E-state index contributed by atoms with van der Waals surface area (Å²) in [5, 5.41) is 15.8. The SMILES string of the molecule is Cl.O=C(NCC(O)c1ccccc1)C1CCCN1. The van der Waals surface area contributed by atoms with Crippen LogP contribution in [-0.2, 0) is 4.79 Å². The van der Waals surface area contributed by atoms with Gasteiger partial charge in [0.25, 0.3) is 0 Å². The third-order valence-electron chi connectivity index (χ3n) is 3.03. The fourth-order valence-electron chi connectivity index (χ4n) is 2.02. The van der Waals surface area contributed by atoms with Gasteiger partial charge in [0.2, 0.25) is 5.91 Å². The molecular formula is C13H19ClN2O2. The van der Waals surface area contributed by atoms with E-state index in [-0.39, 0.29) is 30.9 Å². The van der Waals surface area contributed by atoms with Gasteiger partial charge in [-0.25, -0.2) is 0 Å². The molecule has 3 N–H and O–H groups in total. The van der Waals surface area contributed by atoms with Crippen molar-refractivity contribution < 1.29 is 9.90 Å². The molecule has 1 fully saturated rings. The first-order chi connectivity index (χ1) is 8.27. The molecule has 1 heterocycles. The van der Waals surface area contributed by atoms with Gasteiger partial charge in [0.15, 0.2) is 0 Å². The lowest BCUT2D eigenvalue weighted by molar-refractivity contribution is -0.123. The Morgan fingerprint density at radius 1 is 1.44 bits per heavy atom. The molecule has 1 amide bonds. The van der Waals surface area contributed by atoms with E-state index in [1.54, 1.807) is 0 Å². The molecule has 2 atom stereocenters. The van der Waals surface area contributed by atoms with Crippen LogP contribution in [0.5, 0.6) is 0 Å². The van der Waals surface area contributed by atoms with E-state index >= 15 is 0 Å². The van der Waals surface area contributed by atoms with Gasteiger partial charge in [-0.3, -0.25) is 4.79 Å². The Morgan fingerprint density at radius 2 is 2.17 bits per heavy atom. The van der Waals surface area contributed by atoms with Crippen molar-refractivity contribution in [3.63, 3.8) is 0 Å². The number of rotatable bonds is 4. The van der Waals surface area contributed by atoms with Crippen molar-refractivity contribution in [1.82, 2.24) is 10.6 Å². The molecule has 0 bridgehead atoms. The molecule has 0 aliphatic carbocycles. The van der Waals surface area contributed by atoms with Crippen molar-refractivity contribution in [2.24, 2.45) is 0 Å². The number of hydrogen-bond acceptors (Lipinski definition) is 3. The number of halogens is 1. The Bertz CT molecular complexity index is 367. The highest BCUT2D eigenvalue weighted by Gasteiger charge is 2.22. The summed E-state index contributed by atoms with van der Waals surface area (Å²) in [7, 11) is 0. The molecule has 2 rings (SSSR count). The average Bonchev–Trinajstić information content (AvgIpc) is 2.90. The summed E-state index contributed by atoms with van der Waals surface area (Å²) in [6.45, 7) is 1.17. The lowest BCUT2D eigenvalue weighted by Crippen LogP contribution is -2.41. The van der Waals surface area contributed by atoms with Crippen LogP contribution in [0.25, 0.3) is 0 Å². The first-order valence-corrected chi connectivity index (χ1v) is 6.01. The number of carbonyl (C=O) groups is 1. The van der Waals surface area contributed by atoms with Crippen LogP contribution in [0, 0.1) is 0 Å². The Balaban J connectivity index is 0.00000162. The third kappa shape index (κ3) is 3.98. The van der Waals surface area contributed by atoms with E-state index in [4.69, 9.17) is 0 Å². The maximum absolute atomic E-state index is 11.7. The number of aliphatic hydroxyl groups excluding tert-OH is 1. The standard InChI is InChI=1S/C13H18N2O2.ClH/c16-12(10-5-2-1-3-6-10)9-15-13(17)11-7-4-8-14-11;/h1-3,5-6,11-12,14,16H,4,7-9H2,(H,15,17);1H. The molecule has 0 saturated carbocycles. The van der Waals surface area contributed by atoms with Crippen LogP contribution in [-0.4, -0.2) is 30.1 Å². The van der Waals surface area contributed by atoms with E-state index in [2.05, 4.69) is 10.6 Å². The molecule has 0 radical (unpaired) electrons. The largest absolute Gasteiger partial charge is 0.387 e. The van der Waals surface area contributed by atoms with Crippen LogP contribution >= 0.6 is 12.4 Å². The van der Waals surface area contributed by atoms with Crippen LogP contribution in [0.1, 0.15) is 24.5 Å². The Morgan fingerprint density at radius 3 is 2.78 bits per heavy atom. The lowest BCUT2D eigenvalue weighted by atomic mass is 10.1. The van der Waals surface area contributed by atoms with E-state index < -0.39 is 6.10 Å². The monoisotopic (exact) mass is 270 g/mol. The summed E-state index contributed by atoms with van der Waals surface area (Å²) in [5.74, 6) is -0.0162. The van der Waals surface area contributed by atoms with E-state index in [1.807, 2.05) is 30.3 Å². The molecule has 100 valence electrons. The van der Waals surface area contributed by atoms with Gasteiger partial charge >= 0.3 is 0 Å². The van der Waals surface area contributed by atoms with E-state index in [9.17, 15) is 9.90 Å². The number of nitrogens with one attached hydrogen (secondary N) is 2. The normalized spacial score (nSPS) is 19.9. The summed E-state index contributed by atoms with van der Waals surface area (Å²) in [6, 6.07) is 9.27. The maximum atomic E-state index is 11.7. The van der Waals surface area contributed by atoms with Crippen LogP contribution < -0.4 is 10.6 Å². The second kappa shape index (κ2) is 7.36. The Hall–Kier alpha value is -1.10. The summed E-state index contributed by atoms with van der Waals surface area (Å²) in [5.41, 5.74) is 0.826.